The average molecular weight is 366 g/mol. The molecule has 3 rings (SSSR count). The molecule has 1 aliphatic carbocycles. The molecule has 0 saturated heterocycles. The van der Waals surface area contributed by atoms with Gasteiger partial charge in [-0.15, -0.1) is 0 Å². The minimum absolute atomic E-state index is 0.0259. The first-order valence-corrected chi connectivity index (χ1v) is 8.63. The second kappa shape index (κ2) is 8.27. The number of nitrogens with one attached hydrogen (secondary N) is 1. The van der Waals surface area contributed by atoms with Crippen LogP contribution in [0.4, 0.5) is 5.69 Å². The molecular formula is C19H18N4O4. The van der Waals surface area contributed by atoms with E-state index in [1.807, 2.05) is 6.07 Å². The summed E-state index contributed by atoms with van der Waals surface area (Å²) < 4.78 is 5.83. The quantitative estimate of drug-likeness (QED) is 0.642. The van der Waals surface area contributed by atoms with Crippen LogP contribution in [0.15, 0.2) is 42.6 Å². The number of hydrogen-bond donors (Lipinski definition) is 1. The smallest absolute Gasteiger partial charge is 0.269 e. The summed E-state index contributed by atoms with van der Waals surface area (Å²) in [4.78, 5) is 26.6. The molecule has 1 fully saturated rings. The van der Waals surface area contributed by atoms with Gasteiger partial charge in [0.1, 0.15) is 12.2 Å². The van der Waals surface area contributed by atoms with Crippen LogP contribution in [-0.2, 0) is 0 Å². The first-order valence-electron chi connectivity index (χ1n) is 8.63. The Bertz CT molecular complexity index is 851. The van der Waals surface area contributed by atoms with Gasteiger partial charge in [0.15, 0.2) is 0 Å². The highest BCUT2D eigenvalue weighted by Crippen LogP contribution is 2.23. The second-order valence-corrected chi connectivity index (χ2v) is 6.37. The normalized spacial score (nSPS) is 18.9. The molecule has 2 aromatic rings. The maximum atomic E-state index is 12.3. The van der Waals surface area contributed by atoms with Gasteiger partial charge in [-0.25, -0.2) is 4.98 Å². The number of rotatable bonds is 5. The number of ether oxygens (including phenoxy) is 1. The zero-order valence-corrected chi connectivity index (χ0v) is 14.5. The summed E-state index contributed by atoms with van der Waals surface area (Å²) in [7, 11) is 0. The van der Waals surface area contributed by atoms with Crippen LogP contribution in [0.5, 0.6) is 5.88 Å². The van der Waals surface area contributed by atoms with Crippen LogP contribution in [0.3, 0.4) is 0 Å². The van der Waals surface area contributed by atoms with Crippen molar-refractivity contribution in [1.82, 2.24) is 10.3 Å². The molecule has 0 radical (unpaired) electrons. The maximum Gasteiger partial charge on any atom is 0.269 e. The lowest BCUT2D eigenvalue weighted by atomic mass is 9.92. The molecule has 138 valence electrons. The van der Waals surface area contributed by atoms with Crippen molar-refractivity contribution in [2.75, 3.05) is 0 Å². The number of nitrogens with zero attached hydrogens (tertiary/aromatic N) is 3. The van der Waals surface area contributed by atoms with Crippen molar-refractivity contribution in [1.29, 1.82) is 5.26 Å². The highest BCUT2D eigenvalue weighted by molar-refractivity contribution is 5.94. The SMILES string of the molecule is N#Cc1ccc(OC2CCC(NC(=O)c3ccc([N+](=O)[O-])cc3)CC2)nc1. The van der Waals surface area contributed by atoms with Gasteiger partial charge in [-0.05, 0) is 43.9 Å². The van der Waals surface area contributed by atoms with Gasteiger partial charge in [-0.2, -0.15) is 5.26 Å². The molecule has 1 amide bonds. The van der Waals surface area contributed by atoms with Gasteiger partial charge >= 0.3 is 0 Å². The zero-order chi connectivity index (χ0) is 19.2. The second-order valence-electron chi connectivity index (χ2n) is 6.37. The topological polar surface area (TPSA) is 118 Å². The number of carbonyl (C=O) groups is 1. The van der Waals surface area contributed by atoms with Crippen molar-refractivity contribution in [3.8, 4) is 11.9 Å². The number of amides is 1. The molecule has 8 nitrogen and oxygen atoms in total. The van der Waals surface area contributed by atoms with Crippen LogP contribution in [0.2, 0.25) is 0 Å². The first-order chi connectivity index (χ1) is 13.0. The Morgan fingerprint density at radius 2 is 1.89 bits per heavy atom. The predicted molar refractivity (Wildman–Crippen MR) is 96.2 cm³/mol. The summed E-state index contributed by atoms with van der Waals surface area (Å²) in [6, 6.07) is 11.0. The molecule has 1 heterocycles. The van der Waals surface area contributed by atoms with Crippen LogP contribution in [0.25, 0.3) is 0 Å². The number of aromatic nitrogens is 1. The van der Waals surface area contributed by atoms with E-state index in [1.165, 1.54) is 30.5 Å². The van der Waals surface area contributed by atoms with Gasteiger partial charge in [-0.3, -0.25) is 14.9 Å². The Morgan fingerprint density at radius 3 is 2.44 bits per heavy atom. The van der Waals surface area contributed by atoms with Gasteiger partial charge in [0.2, 0.25) is 5.88 Å². The van der Waals surface area contributed by atoms with E-state index in [-0.39, 0.29) is 23.7 Å². The number of nitro groups is 1. The Hall–Kier alpha value is -3.47. The molecule has 1 saturated carbocycles. The van der Waals surface area contributed by atoms with Crippen LogP contribution in [0, 0.1) is 21.4 Å². The van der Waals surface area contributed by atoms with Gasteiger partial charge < -0.3 is 10.1 Å². The van der Waals surface area contributed by atoms with E-state index in [0.717, 1.165) is 25.7 Å². The van der Waals surface area contributed by atoms with Crippen LogP contribution < -0.4 is 10.1 Å². The fourth-order valence-corrected chi connectivity index (χ4v) is 3.02. The van der Waals surface area contributed by atoms with Gasteiger partial charge in [0, 0.05) is 36.0 Å². The third-order valence-electron chi connectivity index (χ3n) is 4.50. The molecule has 0 aliphatic heterocycles. The maximum absolute atomic E-state index is 12.3. The number of nitriles is 1. The number of non-ortho nitro benzene ring substituents is 1. The summed E-state index contributed by atoms with van der Waals surface area (Å²) in [5.41, 5.74) is 0.849. The van der Waals surface area contributed by atoms with Crippen molar-refractivity contribution in [2.45, 2.75) is 37.8 Å². The van der Waals surface area contributed by atoms with Crippen molar-refractivity contribution in [3.05, 3.63) is 63.8 Å². The molecule has 0 unspecified atom stereocenters. The summed E-state index contributed by atoms with van der Waals surface area (Å²) in [6.45, 7) is 0. The number of benzene rings is 1. The number of nitro benzene ring substituents is 1. The van der Waals surface area contributed by atoms with Crippen LogP contribution >= 0.6 is 0 Å². The highest BCUT2D eigenvalue weighted by atomic mass is 16.6. The largest absolute Gasteiger partial charge is 0.474 e. The van der Waals surface area contributed by atoms with E-state index in [0.29, 0.717) is 17.0 Å². The van der Waals surface area contributed by atoms with Crippen molar-refractivity contribution < 1.29 is 14.5 Å². The van der Waals surface area contributed by atoms with E-state index in [1.54, 1.807) is 12.1 Å². The van der Waals surface area contributed by atoms with Gasteiger partial charge in [0.25, 0.3) is 11.6 Å². The molecule has 27 heavy (non-hydrogen) atoms. The highest BCUT2D eigenvalue weighted by Gasteiger charge is 2.24. The van der Waals surface area contributed by atoms with E-state index < -0.39 is 4.92 Å². The minimum atomic E-state index is -0.494. The summed E-state index contributed by atoms with van der Waals surface area (Å²) in [5, 5.41) is 22.4. The minimum Gasteiger partial charge on any atom is -0.474 e. The Morgan fingerprint density at radius 1 is 1.19 bits per heavy atom. The molecule has 1 aromatic carbocycles. The summed E-state index contributed by atoms with van der Waals surface area (Å²) >= 11 is 0. The monoisotopic (exact) mass is 366 g/mol. The molecule has 0 spiro atoms. The lowest BCUT2D eigenvalue weighted by Gasteiger charge is -2.29. The number of hydrogen-bond acceptors (Lipinski definition) is 6. The number of pyridine rings is 1. The predicted octanol–water partition coefficient (Wildman–Crippen LogP) is 2.98. The van der Waals surface area contributed by atoms with Crippen LogP contribution in [-0.4, -0.2) is 28.0 Å². The lowest BCUT2D eigenvalue weighted by molar-refractivity contribution is -0.384. The fraction of sp³-hybridized carbons (Fsp3) is 0.316. The third kappa shape index (κ3) is 4.79. The van der Waals surface area contributed by atoms with Crippen molar-refractivity contribution >= 4 is 11.6 Å². The third-order valence-corrected chi connectivity index (χ3v) is 4.50. The summed E-state index contributed by atoms with van der Waals surface area (Å²) in [5.74, 6) is 0.260. The standard InChI is InChI=1S/C19H18N4O4/c20-11-13-1-10-18(21-12-13)27-17-8-4-15(5-9-17)22-19(24)14-2-6-16(7-3-14)23(25)26/h1-3,6-7,10,12,15,17H,4-5,8-9H2,(H,22,24). The van der Waals surface area contributed by atoms with Crippen molar-refractivity contribution in [2.24, 2.45) is 0 Å². The molecule has 8 heteroatoms. The van der Waals surface area contributed by atoms with E-state index >= 15 is 0 Å². The van der Waals surface area contributed by atoms with E-state index in [4.69, 9.17) is 10.00 Å². The van der Waals surface area contributed by atoms with Crippen molar-refractivity contribution in [3.63, 3.8) is 0 Å². The fourth-order valence-electron chi connectivity index (χ4n) is 3.02. The lowest BCUT2D eigenvalue weighted by Crippen LogP contribution is -2.39. The molecule has 0 atom stereocenters. The first kappa shape index (κ1) is 18.3. The molecule has 1 N–H and O–H groups in total. The van der Waals surface area contributed by atoms with Crippen LogP contribution in [0.1, 0.15) is 41.6 Å². The molecule has 1 aliphatic rings. The van der Waals surface area contributed by atoms with E-state index in [2.05, 4.69) is 10.3 Å². The van der Waals surface area contributed by atoms with Gasteiger partial charge in [-0.1, -0.05) is 0 Å². The number of carbonyl (C=O) groups excluding carboxylic acids is 1. The molecule has 1 aromatic heterocycles. The molecular weight excluding hydrogens is 348 g/mol. The van der Waals surface area contributed by atoms with E-state index in [9.17, 15) is 14.9 Å². The summed E-state index contributed by atoms with van der Waals surface area (Å²) in [6.07, 6.45) is 4.63. The Kier molecular flexibility index (Phi) is 5.61. The van der Waals surface area contributed by atoms with Gasteiger partial charge in [0.05, 0.1) is 10.5 Å². The average Bonchev–Trinajstić information content (AvgIpc) is 2.70. The Balaban J connectivity index is 1.48. The molecule has 0 bridgehead atoms. The zero-order valence-electron chi connectivity index (χ0n) is 14.5. The Labute approximate surface area is 155 Å².